The van der Waals surface area contributed by atoms with Crippen LogP contribution in [0.5, 0.6) is 0 Å². The zero-order chi connectivity index (χ0) is 25.3. The molecule has 2 aliphatic heterocycles. The van der Waals surface area contributed by atoms with E-state index in [2.05, 4.69) is 6.92 Å². The van der Waals surface area contributed by atoms with Crippen molar-refractivity contribution in [1.82, 2.24) is 0 Å². The van der Waals surface area contributed by atoms with Gasteiger partial charge in [0, 0.05) is 17.4 Å². The fourth-order valence-electron chi connectivity index (χ4n) is 9.50. The molecule has 3 N–H and O–H groups in total. The summed E-state index contributed by atoms with van der Waals surface area (Å²) in [6.07, 6.45) is 4.86. The lowest BCUT2D eigenvalue weighted by Crippen LogP contribution is -2.69. The van der Waals surface area contributed by atoms with Crippen LogP contribution in [0, 0.1) is 28.6 Å². The number of allylic oxidation sites excluding steroid dienone is 1. The predicted octanol–water partition coefficient (Wildman–Crippen LogP) is 2.61. The van der Waals surface area contributed by atoms with Crippen LogP contribution < -0.4 is 0 Å². The standard InChI is InChI=1S/C28H38O7/c1-14-12-21(34-23(31)15(14)2)26(5,32)18-9-11-27(33)17-13-22-28(35-22)20(30)7-6-19(29)25(28,4)16(17)8-10-24(18,27)3/h6-7,16-18,20-22,30,32-33H,8-13H2,1-5H3. The first kappa shape index (κ1) is 23.8. The molecule has 1 spiro atoms. The number of ether oxygens (including phenoxy) is 2. The molecule has 1 saturated heterocycles. The zero-order valence-electron chi connectivity index (χ0n) is 21.3. The van der Waals surface area contributed by atoms with Gasteiger partial charge in [-0.1, -0.05) is 12.5 Å². The summed E-state index contributed by atoms with van der Waals surface area (Å²) in [6.45, 7) is 9.42. The van der Waals surface area contributed by atoms with Crippen molar-refractivity contribution in [2.24, 2.45) is 28.6 Å². The molecule has 0 aromatic rings. The highest BCUT2D eigenvalue weighted by molar-refractivity contribution is 5.98. The smallest absolute Gasteiger partial charge is 0.334 e. The van der Waals surface area contributed by atoms with E-state index in [1.807, 2.05) is 13.8 Å². The molecular weight excluding hydrogens is 448 g/mol. The first-order valence-corrected chi connectivity index (χ1v) is 13.2. The highest BCUT2D eigenvalue weighted by atomic mass is 16.6. The summed E-state index contributed by atoms with van der Waals surface area (Å²) in [5.41, 5.74) is -3.23. The first-order valence-electron chi connectivity index (χ1n) is 13.2. The van der Waals surface area contributed by atoms with E-state index in [1.54, 1.807) is 19.9 Å². The largest absolute Gasteiger partial charge is 0.456 e. The maximum atomic E-state index is 13.3. The second kappa shape index (κ2) is 6.85. The summed E-state index contributed by atoms with van der Waals surface area (Å²) in [7, 11) is 0. The molecule has 3 saturated carbocycles. The van der Waals surface area contributed by atoms with E-state index in [4.69, 9.17) is 9.47 Å². The van der Waals surface area contributed by atoms with Crippen molar-refractivity contribution in [1.29, 1.82) is 0 Å². The lowest BCUT2D eigenvalue weighted by Gasteiger charge is -2.62. The molecule has 7 nitrogen and oxygen atoms in total. The van der Waals surface area contributed by atoms with Crippen LogP contribution in [-0.2, 0) is 19.1 Å². The van der Waals surface area contributed by atoms with Crippen LogP contribution >= 0.6 is 0 Å². The molecule has 6 rings (SSSR count). The third kappa shape index (κ3) is 2.56. The molecule has 0 radical (unpaired) electrons. The van der Waals surface area contributed by atoms with Gasteiger partial charge in [-0.2, -0.15) is 0 Å². The van der Waals surface area contributed by atoms with E-state index in [-0.39, 0.29) is 35.6 Å². The molecule has 0 aromatic carbocycles. The average molecular weight is 487 g/mol. The number of fused-ring (bicyclic) bond motifs is 4. The zero-order valence-corrected chi connectivity index (χ0v) is 21.3. The first-order chi connectivity index (χ1) is 16.2. The van der Waals surface area contributed by atoms with Crippen LogP contribution in [0.2, 0.25) is 0 Å². The fraction of sp³-hybridized carbons (Fsp3) is 0.786. The Kier molecular flexibility index (Phi) is 4.67. The minimum atomic E-state index is -1.30. The van der Waals surface area contributed by atoms with E-state index < -0.39 is 39.8 Å². The molecule has 11 unspecified atom stereocenters. The Morgan fingerprint density at radius 3 is 2.51 bits per heavy atom. The number of epoxide rings is 1. The van der Waals surface area contributed by atoms with Crippen molar-refractivity contribution in [3.05, 3.63) is 23.3 Å². The highest BCUT2D eigenvalue weighted by Crippen LogP contribution is 2.74. The maximum Gasteiger partial charge on any atom is 0.334 e. The summed E-state index contributed by atoms with van der Waals surface area (Å²) in [6, 6.07) is 0. The van der Waals surface area contributed by atoms with E-state index in [0.29, 0.717) is 44.1 Å². The van der Waals surface area contributed by atoms with E-state index in [9.17, 15) is 24.9 Å². The molecule has 6 aliphatic rings. The predicted molar refractivity (Wildman–Crippen MR) is 126 cm³/mol. The number of esters is 1. The second-order valence-electron chi connectivity index (χ2n) is 12.9. The summed E-state index contributed by atoms with van der Waals surface area (Å²) in [4.78, 5) is 25.8. The molecule has 192 valence electrons. The Morgan fingerprint density at radius 1 is 1.11 bits per heavy atom. The van der Waals surface area contributed by atoms with Crippen LogP contribution in [0.4, 0.5) is 0 Å². The summed E-state index contributed by atoms with van der Waals surface area (Å²) < 4.78 is 11.9. The molecule has 0 aromatic heterocycles. The van der Waals surface area contributed by atoms with E-state index in [1.165, 1.54) is 6.08 Å². The van der Waals surface area contributed by atoms with Gasteiger partial charge in [0.05, 0.1) is 17.1 Å². The van der Waals surface area contributed by atoms with Crippen LogP contribution in [0.3, 0.4) is 0 Å². The van der Waals surface area contributed by atoms with Gasteiger partial charge in [0.1, 0.15) is 23.4 Å². The number of aliphatic hydroxyl groups is 3. The van der Waals surface area contributed by atoms with Crippen molar-refractivity contribution in [2.45, 2.75) is 108 Å². The summed E-state index contributed by atoms with van der Waals surface area (Å²) in [5, 5.41) is 35.2. The minimum absolute atomic E-state index is 0.0273. The Balaban J connectivity index is 1.35. The van der Waals surface area contributed by atoms with Crippen molar-refractivity contribution >= 4 is 11.8 Å². The van der Waals surface area contributed by atoms with Gasteiger partial charge in [0.15, 0.2) is 5.78 Å². The topological polar surface area (TPSA) is 117 Å². The molecule has 4 aliphatic carbocycles. The van der Waals surface area contributed by atoms with Crippen LogP contribution in [0.15, 0.2) is 23.3 Å². The monoisotopic (exact) mass is 486 g/mol. The van der Waals surface area contributed by atoms with Gasteiger partial charge < -0.3 is 24.8 Å². The molecule has 7 heteroatoms. The number of hydrogen-bond acceptors (Lipinski definition) is 7. The van der Waals surface area contributed by atoms with Crippen molar-refractivity contribution in [3.63, 3.8) is 0 Å². The SMILES string of the molecule is CC1=C(C)C(=O)OC(C(C)(O)C2CCC3(O)C4CC5OC56C(O)C=CC(=O)C6(C)C4CCC23C)C1. The second-order valence-corrected chi connectivity index (χ2v) is 12.9. The van der Waals surface area contributed by atoms with Gasteiger partial charge in [-0.3, -0.25) is 4.79 Å². The number of cyclic esters (lactones) is 1. The normalized spacial score (nSPS) is 54.3. The molecule has 0 amide bonds. The molecular formula is C28H38O7. The number of carbonyl (C=O) groups excluding carboxylic acids is 2. The fourth-order valence-corrected chi connectivity index (χ4v) is 9.50. The number of ketones is 1. The van der Waals surface area contributed by atoms with Crippen LogP contribution in [-0.4, -0.2) is 62.2 Å². The van der Waals surface area contributed by atoms with E-state index >= 15 is 0 Å². The van der Waals surface area contributed by atoms with Gasteiger partial charge in [-0.05, 0) is 89.7 Å². The Hall–Kier alpha value is -1.54. The van der Waals surface area contributed by atoms with Gasteiger partial charge in [0.2, 0.25) is 0 Å². The van der Waals surface area contributed by atoms with Crippen LogP contribution in [0.1, 0.15) is 73.1 Å². The number of carbonyl (C=O) groups is 2. The quantitative estimate of drug-likeness (QED) is 0.406. The Labute approximate surface area is 206 Å². The molecule has 35 heavy (non-hydrogen) atoms. The third-order valence-electron chi connectivity index (χ3n) is 11.9. The van der Waals surface area contributed by atoms with Gasteiger partial charge >= 0.3 is 5.97 Å². The lowest BCUT2D eigenvalue weighted by atomic mass is 9.43. The highest BCUT2D eigenvalue weighted by Gasteiger charge is 2.82. The third-order valence-corrected chi connectivity index (χ3v) is 11.9. The molecule has 2 heterocycles. The lowest BCUT2D eigenvalue weighted by molar-refractivity contribution is -0.224. The Morgan fingerprint density at radius 2 is 1.83 bits per heavy atom. The average Bonchev–Trinajstić information content (AvgIpc) is 3.46. The van der Waals surface area contributed by atoms with E-state index in [0.717, 1.165) is 5.57 Å². The summed E-state index contributed by atoms with van der Waals surface area (Å²) >= 11 is 0. The van der Waals surface area contributed by atoms with Crippen molar-refractivity contribution in [2.75, 3.05) is 0 Å². The number of hydrogen-bond donors (Lipinski definition) is 3. The number of rotatable bonds is 2. The Bertz CT molecular complexity index is 1080. The van der Waals surface area contributed by atoms with Crippen molar-refractivity contribution < 1.29 is 34.4 Å². The van der Waals surface area contributed by atoms with Crippen LogP contribution in [0.25, 0.3) is 0 Å². The van der Waals surface area contributed by atoms with Gasteiger partial charge in [-0.25, -0.2) is 4.79 Å². The molecule has 11 atom stereocenters. The number of aliphatic hydroxyl groups excluding tert-OH is 1. The molecule has 0 bridgehead atoms. The summed E-state index contributed by atoms with van der Waals surface area (Å²) in [5.74, 6) is -0.966. The van der Waals surface area contributed by atoms with Gasteiger partial charge in [0.25, 0.3) is 0 Å². The van der Waals surface area contributed by atoms with Crippen molar-refractivity contribution in [3.8, 4) is 0 Å². The minimum Gasteiger partial charge on any atom is -0.456 e. The maximum absolute atomic E-state index is 13.3. The van der Waals surface area contributed by atoms with Gasteiger partial charge in [-0.15, -0.1) is 0 Å². The molecule has 4 fully saturated rings.